The molecule has 0 saturated heterocycles. The fourth-order valence-electron chi connectivity index (χ4n) is 1.64. The van der Waals surface area contributed by atoms with Gasteiger partial charge in [-0.25, -0.2) is 4.68 Å². The van der Waals surface area contributed by atoms with Gasteiger partial charge in [0.25, 0.3) is 5.56 Å². The van der Waals surface area contributed by atoms with Crippen molar-refractivity contribution in [3.8, 4) is 5.75 Å². The van der Waals surface area contributed by atoms with Crippen LogP contribution in [0.5, 0.6) is 5.75 Å². The van der Waals surface area contributed by atoms with Gasteiger partial charge in [0.15, 0.2) is 0 Å². The summed E-state index contributed by atoms with van der Waals surface area (Å²) in [5, 5.41) is 6.90. The van der Waals surface area contributed by atoms with Crippen LogP contribution in [-0.2, 0) is 11.3 Å². The SMILES string of the molecule is COc1ccc(NC(=O)Cn2ncc(Br)c(Br)c2=O)cc1Cl. The van der Waals surface area contributed by atoms with E-state index in [2.05, 4.69) is 42.3 Å². The first-order valence-electron chi connectivity index (χ1n) is 5.97. The Morgan fingerprint density at radius 2 is 2.18 bits per heavy atom. The van der Waals surface area contributed by atoms with Gasteiger partial charge in [-0.1, -0.05) is 11.6 Å². The van der Waals surface area contributed by atoms with Crippen molar-refractivity contribution in [1.82, 2.24) is 9.78 Å². The Kier molecular flexibility index (Phi) is 5.60. The number of aromatic nitrogens is 2. The Labute approximate surface area is 147 Å². The second-order valence-corrected chi connectivity index (χ2v) is 6.22. The number of anilines is 1. The highest BCUT2D eigenvalue weighted by Crippen LogP contribution is 2.27. The van der Waals surface area contributed by atoms with Crippen molar-refractivity contribution in [3.63, 3.8) is 0 Å². The monoisotopic (exact) mass is 449 g/mol. The Balaban J connectivity index is 2.12. The molecule has 0 radical (unpaired) electrons. The minimum absolute atomic E-state index is 0.214. The number of halogens is 3. The van der Waals surface area contributed by atoms with Crippen LogP contribution in [0.4, 0.5) is 5.69 Å². The number of carbonyl (C=O) groups excluding carboxylic acids is 1. The van der Waals surface area contributed by atoms with Crippen LogP contribution in [0.3, 0.4) is 0 Å². The van der Waals surface area contributed by atoms with E-state index in [9.17, 15) is 9.59 Å². The first kappa shape index (κ1) is 17.0. The van der Waals surface area contributed by atoms with E-state index in [0.717, 1.165) is 4.68 Å². The first-order chi connectivity index (χ1) is 10.4. The third-order valence-electron chi connectivity index (χ3n) is 2.67. The van der Waals surface area contributed by atoms with E-state index in [-0.39, 0.29) is 6.54 Å². The fourth-order valence-corrected chi connectivity index (χ4v) is 2.46. The zero-order valence-electron chi connectivity index (χ0n) is 11.3. The average Bonchev–Trinajstić information content (AvgIpc) is 2.48. The van der Waals surface area contributed by atoms with Gasteiger partial charge in [0.1, 0.15) is 16.8 Å². The number of hydrogen-bond donors (Lipinski definition) is 1. The number of nitrogens with zero attached hydrogens (tertiary/aromatic N) is 2. The topological polar surface area (TPSA) is 73.2 Å². The van der Waals surface area contributed by atoms with Crippen LogP contribution in [0.1, 0.15) is 0 Å². The molecule has 0 spiro atoms. The Morgan fingerprint density at radius 1 is 1.45 bits per heavy atom. The van der Waals surface area contributed by atoms with Crippen molar-refractivity contribution in [2.75, 3.05) is 12.4 Å². The Hall–Kier alpha value is -1.38. The molecule has 1 heterocycles. The maximum atomic E-state index is 12.0. The predicted molar refractivity (Wildman–Crippen MR) is 90.5 cm³/mol. The Bertz CT molecular complexity index is 780. The number of methoxy groups -OCH3 is 1. The van der Waals surface area contributed by atoms with Gasteiger partial charge in [0, 0.05) is 5.69 Å². The van der Waals surface area contributed by atoms with Gasteiger partial charge in [-0.2, -0.15) is 5.10 Å². The molecule has 116 valence electrons. The molecule has 0 aliphatic carbocycles. The largest absolute Gasteiger partial charge is 0.495 e. The van der Waals surface area contributed by atoms with Gasteiger partial charge in [-0.3, -0.25) is 9.59 Å². The number of ether oxygens (including phenoxy) is 1. The summed E-state index contributed by atoms with van der Waals surface area (Å²) in [6.45, 7) is -0.214. The lowest BCUT2D eigenvalue weighted by molar-refractivity contribution is -0.117. The molecule has 0 fully saturated rings. The van der Waals surface area contributed by atoms with Crippen molar-refractivity contribution >= 4 is 55.1 Å². The van der Waals surface area contributed by atoms with Crippen LogP contribution in [0.15, 0.2) is 38.1 Å². The molecule has 9 heteroatoms. The highest BCUT2D eigenvalue weighted by molar-refractivity contribution is 9.13. The smallest absolute Gasteiger partial charge is 0.282 e. The molecule has 0 atom stereocenters. The van der Waals surface area contributed by atoms with Crippen molar-refractivity contribution in [1.29, 1.82) is 0 Å². The van der Waals surface area contributed by atoms with Crippen molar-refractivity contribution < 1.29 is 9.53 Å². The summed E-state index contributed by atoms with van der Waals surface area (Å²) in [7, 11) is 1.50. The van der Waals surface area contributed by atoms with Crippen LogP contribution < -0.4 is 15.6 Å². The molecule has 1 aromatic carbocycles. The summed E-state index contributed by atoms with van der Waals surface area (Å²) in [6, 6.07) is 4.85. The summed E-state index contributed by atoms with van der Waals surface area (Å²) in [4.78, 5) is 23.9. The molecule has 22 heavy (non-hydrogen) atoms. The number of carbonyl (C=O) groups is 1. The lowest BCUT2D eigenvalue weighted by atomic mass is 10.3. The van der Waals surface area contributed by atoms with E-state index in [1.54, 1.807) is 18.2 Å². The van der Waals surface area contributed by atoms with Gasteiger partial charge in [-0.05, 0) is 50.1 Å². The molecule has 0 unspecified atom stereocenters. The highest BCUT2D eigenvalue weighted by Gasteiger charge is 2.11. The summed E-state index contributed by atoms with van der Waals surface area (Å²) in [5.74, 6) is 0.111. The third-order valence-corrected chi connectivity index (χ3v) is 4.87. The zero-order valence-corrected chi connectivity index (χ0v) is 15.2. The zero-order chi connectivity index (χ0) is 16.3. The lowest BCUT2D eigenvalue weighted by Gasteiger charge is -2.09. The molecular weight excluding hydrogens is 441 g/mol. The highest BCUT2D eigenvalue weighted by atomic mass is 79.9. The molecule has 0 aliphatic heterocycles. The molecule has 0 aliphatic rings. The first-order valence-corrected chi connectivity index (χ1v) is 7.93. The van der Waals surface area contributed by atoms with Gasteiger partial charge < -0.3 is 10.1 Å². The van der Waals surface area contributed by atoms with Crippen molar-refractivity contribution in [3.05, 3.63) is 48.7 Å². The molecule has 6 nitrogen and oxygen atoms in total. The number of hydrogen-bond acceptors (Lipinski definition) is 4. The lowest BCUT2D eigenvalue weighted by Crippen LogP contribution is -2.30. The number of amides is 1. The van der Waals surface area contributed by atoms with Crippen LogP contribution in [0.25, 0.3) is 0 Å². The number of rotatable bonds is 4. The van der Waals surface area contributed by atoms with Gasteiger partial charge in [0.05, 0.1) is 22.8 Å². The summed E-state index contributed by atoms with van der Waals surface area (Å²) < 4.78 is 6.91. The normalized spacial score (nSPS) is 10.4. The van der Waals surface area contributed by atoms with E-state index in [4.69, 9.17) is 16.3 Å². The predicted octanol–water partition coefficient (Wildman–Crippen LogP) is 3.07. The van der Waals surface area contributed by atoms with E-state index in [1.165, 1.54) is 13.3 Å². The molecule has 2 aromatic rings. The van der Waals surface area contributed by atoms with Crippen LogP contribution in [0.2, 0.25) is 5.02 Å². The minimum atomic E-state index is -0.405. The Morgan fingerprint density at radius 3 is 2.82 bits per heavy atom. The third kappa shape index (κ3) is 3.88. The quantitative estimate of drug-likeness (QED) is 0.776. The summed E-state index contributed by atoms with van der Waals surface area (Å²) in [6.07, 6.45) is 1.43. The standard InChI is InChI=1S/C13H10Br2ClN3O3/c1-22-10-3-2-7(4-9(10)16)18-11(20)6-19-13(21)12(15)8(14)5-17-19/h2-5H,6H2,1H3,(H,18,20). The van der Waals surface area contributed by atoms with Gasteiger partial charge in [0.2, 0.25) is 5.91 Å². The van der Waals surface area contributed by atoms with Crippen molar-refractivity contribution in [2.24, 2.45) is 0 Å². The number of nitrogens with one attached hydrogen (secondary N) is 1. The molecule has 2 rings (SSSR count). The van der Waals surface area contributed by atoms with Crippen molar-refractivity contribution in [2.45, 2.75) is 6.54 Å². The van der Waals surface area contributed by atoms with E-state index < -0.39 is 11.5 Å². The van der Waals surface area contributed by atoms with Crippen LogP contribution in [-0.4, -0.2) is 22.8 Å². The van der Waals surface area contributed by atoms with Gasteiger partial charge in [-0.15, -0.1) is 0 Å². The molecule has 0 bridgehead atoms. The second kappa shape index (κ2) is 7.26. The second-order valence-electron chi connectivity index (χ2n) is 4.17. The van der Waals surface area contributed by atoms with Gasteiger partial charge >= 0.3 is 0 Å². The van der Waals surface area contributed by atoms with Crippen LogP contribution in [0, 0.1) is 0 Å². The molecule has 0 saturated carbocycles. The van der Waals surface area contributed by atoms with E-state index in [0.29, 0.717) is 25.4 Å². The van der Waals surface area contributed by atoms with Crippen LogP contribution >= 0.6 is 43.5 Å². The fraction of sp³-hybridized carbons (Fsp3) is 0.154. The number of benzene rings is 1. The molecular formula is C13H10Br2ClN3O3. The maximum absolute atomic E-state index is 12.0. The summed E-state index contributed by atoms with van der Waals surface area (Å²) >= 11 is 12.3. The maximum Gasteiger partial charge on any atom is 0.282 e. The molecule has 1 aromatic heterocycles. The molecule has 1 N–H and O–H groups in total. The van der Waals surface area contributed by atoms with E-state index in [1.807, 2.05) is 0 Å². The molecule has 1 amide bonds. The average molecular weight is 452 g/mol. The van der Waals surface area contributed by atoms with E-state index >= 15 is 0 Å². The minimum Gasteiger partial charge on any atom is -0.495 e. The summed E-state index contributed by atoms with van der Waals surface area (Å²) in [5.41, 5.74) is 0.0947.